The second-order valence-electron chi connectivity index (χ2n) is 7.29. The smallest absolute Gasteiger partial charge is 0.191 e. The molecule has 0 spiro atoms. The van der Waals surface area contributed by atoms with Crippen LogP contribution >= 0.6 is 24.0 Å². The average molecular weight is 527 g/mol. The lowest BCUT2D eigenvalue weighted by molar-refractivity contribution is 0.0513. The van der Waals surface area contributed by atoms with Crippen molar-refractivity contribution in [2.45, 2.75) is 37.6 Å². The molecule has 1 aliphatic rings. The maximum absolute atomic E-state index is 13.3. The molecule has 1 unspecified atom stereocenters. The molecule has 1 aliphatic heterocycles. The molecule has 6 nitrogen and oxygen atoms in total. The highest BCUT2D eigenvalue weighted by Crippen LogP contribution is 2.34. The van der Waals surface area contributed by atoms with Crippen molar-refractivity contribution in [2.24, 2.45) is 4.99 Å². The number of guanidine groups is 1. The SMILES string of the molecule is CN=C(NCC1(c2ccc(F)cc2)CCOCC1)NC(C)CCS(C)(=O)=O.I. The Labute approximate surface area is 184 Å². The van der Waals surface area contributed by atoms with Gasteiger partial charge in [-0.1, -0.05) is 12.1 Å². The molecule has 1 aromatic carbocycles. The molecular formula is C19H31FIN3O3S. The molecular weight excluding hydrogens is 496 g/mol. The first-order valence-electron chi connectivity index (χ1n) is 9.23. The number of sulfone groups is 1. The molecule has 0 amide bonds. The summed E-state index contributed by atoms with van der Waals surface area (Å²) in [6.45, 7) is 3.90. The van der Waals surface area contributed by atoms with E-state index in [-0.39, 0.29) is 47.0 Å². The molecule has 0 aromatic heterocycles. The molecule has 2 rings (SSSR count). The van der Waals surface area contributed by atoms with Gasteiger partial charge in [0.1, 0.15) is 15.7 Å². The lowest BCUT2D eigenvalue weighted by Gasteiger charge is -2.38. The van der Waals surface area contributed by atoms with E-state index in [4.69, 9.17) is 4.74 Å². The van der Waals surface area contributed by atoms with Crippen molar-refractivity contribution in [3.8, 4) is 0 Å². The average Bonchev–Trinajstić information content (AvgIpc) is 2.64. The van der Waals surface area contributed by atoms with Crippen LogP contribution < -0.4 is 10.6 Å². The van der Waals surface area contributed by atoms with E-state index in [1.807, 2.05) is 19.1 Å². The number of rotatable bonds is 7. The van der Waals surface area contributed by atoms with Crippen LogP contribution in [0.3, 0.4) is 0 Å². The molecule has 1 fully saturated rings. The highest BCUT2D eigenvalue weighted by molar-refractivity contribution is 14.0. The van der Waals surface area contributed by atoms with E-state index in [1.54, 1.807) is 7.05 Å². The fourth-order valence-corrected chi connectivity index (χ4v) is 4.06. The molecule has 160 valence electrons. The Balaban J connectivity index is 0.00000392. The fraction of sp³-hybridized carbons (Fsp3) is 0.632. The van der Waals surface area contributed by atoms with Crippen LogP contribution in [0.25, 0.3) is 0 Å². The molecule has 0 saturated carbocycles. The van der Waals surface area contributed by atoms with Gasteiger partial charge in [0.2, 0.25) is 0 Å². The summed E-state index contributed by atoms with van der Waals surface area (Å²) in [7, 11) is -1.30. The first kappa shape index (κ1) is 25.1. The van der Waals surface area contributed by atoms with Crippen LogP contribution in [-0.4, -0.2) is 59.2 Å². The van der Waals surface area contributed by atoms with Crippen molar-refractivity contribution in [3.63, 3.8) is 0 Å². The molecule has 28 heavy (non-hydrogen) atoms. The first-order chi connectivity index (χ1) is 12.7. The summed E-state index contributed by atoms with van der Waals surface area (Å²) < 4.78 is 41.5. The predicted molar refractivity (Wildman–Crippen MR) is 122 cm³/mol. The monoisotopic (exact) mass is 527 g/mol. The lowest BCUT2D eigenvalue weighted by Crippen LogP contribution is -2.49. The van der Waals surface area contributed by atoms with Crippen LogP contribution in [-0.2, 0) is 20.0 Å². The van der Waals surface area contributed by atoms with Gasteiger partial charge in [0, 0.05) is 44.5 Å². The third-order valence-corrected chi connectivity index (χ3v) is 6.01. The quantitative estimate of drug-likeness (QED) is 0.324. The molecule has 9 heteroatoms. The van der Waals surface area contributed by atoms with Gasteiger partial charge in [-0.05, 0) is 43.9 Å². The van der Waals surface area contributed by atoms with Crippen molar-refractivity contribution < 1.29 is 17.5 Å². The molecule has 0 radical (unpaired) electrons. The molecule has 2 N–H and O–H groups in total. The molecule has 1 saturated heterocycles. The number of halogens is 2. The second-order valence-corrected chi connectivity index (χ2v) is 9.55. The summed E-state index contributed by atoms with van der Waals surface area (Å²) in [5.41, 5.74) is 0.930. The minimum absolute atomic E-state index is 0. The number of aliphatic imine (C=N–C) groups is 1. The fourth-order valence-electron chi connectivity index (χ4n) is 3.28. The summed E-state index contributed by atoms with van der Waals surface area (Å²) >= 11 is 0. The molecule has 0 bridgehead atoms. The standard InChI is InChI=1S/C19H30FN3O3S.HI/c1-15(8-13-27(3,24)25)23-18(21-2)22-14-19(9-11-26-12-10-19)16-4-6-17(20)7-5-16;/h4-7,15H,8-14H2,1-3H3,(H2,21,22,23);1H. The highest BCUT2D eigenvalue weighted by atomic mass is 127. The Bertz CT molecular complexity index is 735. The van der Waals surface area contributed by atoms with Crippen LogP contribution in [0.5, 0.6) is 0 Å². The van der Waals surface area contributed by atoms with Crippen molar-refractivity contribution >= 4 is 39.8 Å². The Morgan fingerprint density at radius 3 is 2.43 bits per heavy atom. The largest absolute Gasteiger partial charge is 0.381 e. The second kappa shape index (κ2) is 11.3. The summed E-state index contributed by atoms with van der Waals surface area (Å²) in [5, 5.41) is 6.60. The number of nitrogens with one attached hydrogen (secondary N) is 2. The summed E-state index contributed by atoms with van der Waals surface area (Å²) in [6, 6.07) is 6.64. The minimum Gasteiger partial charge on any atom is -0.381 e. The zero-order chi connectivity index (χ0) is 19.9. The Hall–Kier alpha value is -0.940. The van der Waals surface area contributed by atoms with Crippen molar-refractivity contribution in [2.75, 3.05) is 38.8 Å². The van der Waals surface area contributed by atoms with Crippen LogP contribution in [0.4, 0.5) is 4.39 Å². The normalized spacial score (nSPS) is 18.1. The highest BCUT2D eigenvalue weighted by Gasteiger charge is 2.34. The van der Waals surface area contributed by atoms with E-state index >= 15 is 0 Å². The number of nitrogens with zero attached hydrogens (tertiary/aromatic N) is 1. The number of hydrogen-bond acceptors (Lipinski definition) is 4. The van der Waals surface area contributed by atoms with E-state index in [0.29, 0.717) is 32.1 Å². The number of hydrogen-bond donors (Lipinski definition) is 2. The predicted octanol–water partition coefficient (Wildman–Crippen LogP) is 2.48. The van der Waals surface area contributed by atoms with Crippen LogP contribution in [0.15, 0.2) is 29.3 Å². The van der Waals surface area contributed by atoms with E-state index in [9.17, 15) is 12.8 Å². The van der Waals surface area contributed by atoms with Gasteiger partial charge in [-0.2, -0.15) is 0 Å². The maximum atomic E-state index is 13.3. The van der Waals surface area contributed by atoms with Crippen LogP contribution in [0.2, 0.25) is 0 Å². The third-order valence-electron chi connectivity index (χ3n) is 5.03. The van der Waals surface area contributed by atoms with Gasteiger partial charge >= 0.3 is 0 Å². The topological polar surface area (TPSA) is 79.8 Å². The van der Waals surface area contributed by atoms with Gasteiger partial charge in [0.25, 0.3) is 0 Å². The van der Waals surface area contributed by atoms with E-state index in [2.05, 4.69) is 15.6 Å². The van der Waals surface area contributed by atoms with Gasteiger partial charge in [-0.25, -0.2) is 12.8 Å². The zero-order valence-electron chi connectivity index (χ0n) is 16.7. The molecule has 1 heterocycles. The molecule has 0 aliphatic carbocycles. The van der Waals surface area contributed by atoms with Crippen molar-refractivity contribution in [1.82, 2.24) is 10.6 Å². The summed E-state index contributed by atoms with van der Waals surface area (Å²) in [4.78, 5) is 4.25. The molecule has 1 aromatic rings. The van der Waals surface area contributed by atoms with Gasteiger partial charge in [0.05, 0.1) is 5.75 Å². The number of ether oxygens (including phenoxy) is 1. The maximum Gasteiger partial charge on any atom is 0.191 e. The van der Waals surface area contributed by atoms with Gasteiger partial charge in [-0.15, -0.1) is 24.0 Å². The Morgan fingerprint density at radius 2 is 1.89 bits per heavy atom. The van der Waals surface area contributed by atoms with Crippen molar-refractivity contribution in [3.05, 3.63) is 35.6 Å². The van der Waals surface area contributed by atoms with E-state index in [1.165, 1.54) is 18.4 Å². The molecule has 1 atom stereocenters. The summed E-state index contributed by atoms with van der Waals surface area (Å²) in [6.07, 6.45) is 3.43. The van der Waals surface area contributed by atoms with Crippen molar-refractivity contribution in [1.29, 1.82) is 0 Å². The van der Waals surface area contributed by atoms with Gasteiger partial charge in [-0.3, -0.25) is 4.99 Å². The van der Waals surface area contributed by atoms with Gasteiger partial charge < -0.3 is 15.4 Å². The van der Waals surface area contributed by atoms with Gasteiger partial charge in [0.15, 0.2) is 5.96 Å². The zero-order valence-corrected chi connectivity index (χ0v) is 19.8. The Morgan fingerprint density at radius 1 is 1.29 bits per heavy atom. The Kier molecular flexibility index (Phi) is 10.1. The first-order valence-corrected chi connectivity index (χ1v) is 11.3. The number of benzene rings is 1. The third kappa shape index (κ3) is 7.82. The minimum atomic E-state index is -2.99. The van der Waals surface area contributed by atoms with Crippen LogP contribution in [0, 0.1) is 5.82 Å². The van der Waals surface area contributed by atoms with Crippen LogP contribution in [0.1, 0.15) is 31.7 Å². The summed E-state index contributed by atoms with van der Waals surface area (Å²) in [5.74, 6) is 0.518. The van der Waals surface area contributed by atoms with E-state index in [0.717, 1.165) is 18.4 Å². The lowest BCUT2D eigenvalue weighted by atomic mass is 9.74. The van der Waals surface area contributed by atoms with E-state index < -0.39 is 9.84 Å².